The monoisotopic (exact) mass is 462 g/mol. The molecule has 0 radical (unpaired) electrons. The first-order valence-electron chi connectivity index (χ1n) is 11.5. The lowest BCUT2D eigenvalue weighted by atomic mass is 10.2. The maximum atomic E-state index is 13.6. The summed E-state index contributed by atoms with van der Waals surface area (Å²) < 4.78 is 8.80. The number of carbonyl (C=O) groups is 1. The van der Waals surface area contributed by atoms with Crippen LogP contribution in [0.4, 0.5) is 5.13 Å². The van der Waals surface area contributed by atoms with Gasteiger partial charge in [-0.3, -0.25) is 14.4 Å². The highest BCUT2D eigenvalue weighted by Gasteiger charge is 2.22. The lowest BCUT2D eigenvalue weighted by molar-refractivity contribution is 0.0985. The maximum absolute atomic E-state index is 13.6. The summed E-state index contributed by atoms with van der Waals surface area (Å²) in [4.78, 5) is 20.1. The standard InChI is InChI=1S/C26H30N4O2S/c1-4-5-8-17-32-22-13-11-21(12-14-22)25(31)29(15-16-30-20(3)18-19(2)28-30)26-27-23-9-6-7-10-24(23)33-26/h6-7,9-14,18H,4-5,8,15-17H2,1-3H3. The molecule has 7 heteroatoms. The van der Waals surface area contributed by atoms with Crippen LogP contribution in [-0.4, -0.2) is 33.8 Å². The van der Waals surface area contributed by atoms with E-state index in [-0.39, 0.29) is 5.91 Å². The number of aryl methyl sites for hydroxylation is 2. The highest BCUT2D eigenvalue weighted by molar-refractivity contribution is 7.22. The van der Waals surface area contributed by atoms with Gasteiger partial charge in [-0.25, -0.2) is 4.98 Å². The molecule has 172 valence electrons. The Morgan fingerprint density at radius 1 is 1.09 bits per heavy atom. The fourth-order valence-corrected chi connectivity index (χ4v) is 4.74. The summed E-state index contributed by atoms with van der Waals surface area (Å²) in [7, 11) is 0. The zero-order valence-corrected chi connectivity index (χ0v) is 20.3. The molecule has 0 aliphatic rings. The van der Waals surface area contributed by atoms with E-state index in [4.69, 9.17) is 9.72 Å². The van der Waals surface area contributed by atoms with Crippen molar-refractivity contribution in [2.24, 2.45) is 0 Å². The topological polar surface area (TPSA) is 60.2 Å². The number of aromatic nitrogens is 3. The Labute approximate surface area is 198 Å². The van der Waals surface area contributed by atoms with Crippen LogP contribution in [0.3, 0.4) is 0 Å². The van der Waals surface area contributed by atoms with Crippen LogP contribution in [-0.2, 0) is 6.54 Å². The highest BCUT2D eigenvalue weighted by atomic mass is 32.1. The minimum Gasteiger partial charge on any atom is -0.494 e. The van der Waals surface area contributed by atoms with Crippen LogP contribution in [0.1, 0.15) is 47.9 Å². The molecule has 0 aliphatic carbocycles. The van der Waals surface area contributed by atoms with Gasteiger partial charge in [0.15, 0.2) is 5.13 Å². The lowest BCUT2D eigenvalue weighted by Crippen LogP contribution is -2.34. The largest absolute Gasteiger partial charge is 0.494 e. The maximum Gasteiger partial charge on any atom is 0.260 e. The Hall–Kier alpha value is -3.19. The second-order valence-electron chi connectivity index (χ2n) is 8.15. The first kappa shape index (κ1) is 23.0. The lowest BCUT2D eigenvalue weighted by Gasteiger charge is -2.20. The zero-order valence-electron chi connectivity index (χ0n) is 19.5. The molecule has 1 amide bonds. The molecule has 6 nitrogen and oxygen atoms in total. The Bertz CT molecular complexity index is 1180. The molecule has 0 atom stereocenters. The molecule has 2 aromatic carbocycles. The van der Waals surface area contributed by atoms with Crippen molar-refractivity contribution in [3.63, 3.8) is 0 Å². The van der Waals surface area contributed by atoms with Crippen molar-refractivity contribution in [3.05, 3.63) is 71.5 Å². The molecule has 0 bridgehead atoms. The van der Waals surface area contributed by atoms with E-state index in [1.54, 1.807) is 4.90 Å². The third-order valence-corrected chi connectivity index (χ3v) is 6.57. The number of carbonyl (C=O) groups excluding carboxylic acids is 1. The van der Waals surface area contributed by atoms with Gasteiger partial charge in [-0.05, 0) is 62.7 Å². The average Bonchev–Trinajstić information content (AvgIpc) is 3.39. The smallest absolute Gasteiger partial charge is 0.260 e. The van der Waals surface area contributed by atoms with Crippen molar-refractivity contribution in [2.45, 2.75) is 46.6 Å². The molecule has 0 unspecified atom stereocenters. The molecule has 0 saturated carbocycles. The summed E-state index contributed by atoms with van der Waals surface area (Å²) in [5.41, 5.74) is 3.56. The summed E-state index contributed by atoms with van der Waals surface area (Å²) in [5, 5.41) is 5.25. The molecule has 0 aliphatic heterocycles. The molecule has 0 spiro atoms. The van der Waals surface area contributed by atoms with Gasteiger partial charge in [0.1, 0.15) is 5.75 Å². The molecule has 4 aromatic rings. The average molecular weight is 463 g/mol. The fraction of sp³-hybridized carbons (Fsp3) is 0.346. The van der Waals surface area contributed by atoms with Crippen molar-refractivity contribution >= 4 is 32.6 Å². The third kappa shape index (κ3) is 5.60. The van der Waals surface area contributed by atoms with Gasteiger partial charge in [0.25, 0.3) is 5.91 Å². The summed E-state index contributed by atoms with van der Waals surface area (Å²) in [6, 6.07) is 17.4. The van der Waals surface area contributed by atoms with Gasteiger partial charge in [0, 0.05) is 17.8 Å². The number of thiazole rings is 1. The molecule has 33 heavy (non-hydrogen) atoms. The van der Waals surface area contributed by atoms with Crippen LogP contribution >= 0.6 is 11.3 Å². The number of unbranched alkanes of at least 4 members (excludes halogenated alkanes) is 2. The number of ether oxygens (including phenoxy) is 1. The van der Waals surface area contributed by atoms with Crippen LogP contribution in [0.5, 0.6) is 5.75 Å². The zero-order chi connectivity index (χ0) is 23.2. The van der Waals surface area contributed by atoms with E-state index in [9.17, 15) is 4.79 Å². The minimum absolute atomic E-state index is 0.0758. The number of fused-ring (bicyclic) bond motifs is 1. The van der Waals surface area contributed by atoms with Crippen molar-refractivity contribution in [1.82, 2.24) is 14.8 Å². The molecule has 2 aromatic heterocycles. The van der Waals surface area contributed by atoms with Crippen molar-refractivity contribution < 1.29 is 9.53 Å². The van der Waals surface area contributed by atoms with Crippen LogP contribution < -0.4 is 9.64 Å². The van der Waals surface area contributed by atoms with Crippen LogP contribution in [0.2, 0.25) is 0 Å². The minimum atomic E-state index is -0.0758. The molecular formula is C26H30N4O2S. The van der Waals surface area contributed by atoms with Crippen LogP contribution in [0.25, 0.3) is 10.2 Å². The van der Waals surface area contributed by atoms with Crippen molar-refractivity contribution in [1.29, 1.82) is 0 Å². The van der Waals surface area contributed by atoms with E-state index in [1.165, 1.54) is 11.3 Å². The molecule has 0 fully saturated rings. The number of rotatable bonds is 10. The first-order chi connectivity index (χ1) is 16.0. The number of nitrogens with zero attached hydrogens (tertiary/aromatic N) is 4. The number of amides is 1. The van der Waals surface area contributed by atoms with Gasteiger partial charge in [0.2, 0.25) is 0 Å². The van der Waals surface area contributed by atoms with Gasteiger partial charge < -0.3 is 4.74 Å². The van der Waals surface area contributed by atoms with Crippen molar-refractivity contribution in [2.75, 3.05) is 18.1 Å². The van der Waals surface area contributed by atoms with Gasteiger partial charge in [-0.2, -0.15) is 5.10 Å². The van der Waals surface area contributed by atoms with Gasteiger partial charge in [-0.15, -0.1) is 0 Å². The SMILES string of the molecule is CCCCCOc1ccc(C(=O)N(CCn2nc(C)cc2C)c2nc3ccccc3s2)cc1. The van der Waals surface area contributed by atoms with Gasteiger partial charge in [0.05, 0.1) is 29.1 Å². The Kier molecular flexibility index (Phi) is 7.40. The summed E-state index contributed by atoms with van der Waals surface area (Å²) >= 11 is 1.53. The Morgan fingerprint density at radius 2 is 1.88 bits per heavy atom. The number of hydrogen-bond donors (Lipinski definition) is 0. The van der Waals surface area contributed by atoms with E-state index >= 15 is 0 Å². The number of para-hydroxylation sites is 1. The van der Waals surface area contributed by atoms with E-state index in [0.717, 1.165) is 46.6 Å². The molecule has 2 heterocycles. The van der Waals surface area contributed by atoms with E-state index in [2.05, 4.69) is 12.0 Å². The van der Waals surface area contributed by atoms with Crippen LogP contribution in [0.15, 0.2) is 54.6 Å². The highest BCUT2D eigenvalue weighted by Crippen LogP contribution is 2.30. The van der Waals surface area contributed by atoms with E-state index < -0.39 is 0 Å². The Balaban J connectivity index is 1.55. The van der Waals surface area contributed by atoms with E-state index in [0.29, 0.717) is 30.4 Å². The molecule has 0 saturated heterocycles. The molecular weight excluding hydrogens is 432 g/mol. The van der Waals surface area contributed by atoms with E-state index in [1.807, 2.05) is 73.1 Å². The fourth-order valence-electron chi connectivity index (χ4n) is 3.75. The molecule has 4 rings (SSSR count). The van der Waals surface area contributed by atoms with Gasteiger partial charge >= 0.3 is 0 Å². The molecule has 0 N–H and O–H groups in total. The van der Waals surface area contributed by atoms with Crippen LogP contribution in [0, 0.1) is 13.8 Å². The Morgan fingerprint density at radius 3 is 2.58 bits per heavy atom. The normalized spacial score (nSPS) is 11.1. The second-order valence-corrected chi connectivity index (χ2v) is 9.16. The number of benzene rings is 2. The quantitative estimate of drug-likeness (QED) is 0.270. The second kappa shape index (κ2) is 10.6. The predicted octanol–water partition coefficient (Wildman–Crippen LogP) is 6.03. The number of hydrogen-bond acceptors (Lipinski definition) is 5. The summed E-state index contributed by atoms with van der Waals surface area (Å²) in [6.45, 7) is 7.96. The first-order valence-corrected chi connectivity index (χ1v) is 12.3. The summed E-state index contributed by atoms with van der Waals surface area (Å²) in [5.74, 6) is 0.713. The van der Waals surface area contributed by atoms with Gasteiger partial charge in [-0.1, -0.05) is 43.2 Å². The predicted molar refractivity (Wildman–Crippen MR) is 134 cm³/mol. The number of anilines is 1. The van der Waals surface area contributed by atoms with Crippen molar-refractivity contribution in [3.8, 4) is 5.75 Å². The summed E-state index contributed by atoms with van der Waals surface area (Å²) in [6.07, 6.45) is 3.36. The third-order valence-electron chi connectivity index (χ3n) is 5.52.